The summed E-state index contributed by atoms with van der Waals surface area (Å²) >= 11 is 0. The van der Waals surface area contributed by atoms with E-state index < -0.39 is 17.6 Å². The van der Waals surface area contributed by atoms with Crippen molar-refractivity contribution in [1.29, 1.82) is 0 Å². The van der Waals surface area contributed by atoms with E-state index in [1.807, 2.05) is 0 Å². The molecule has 2 heterocycles. The van der Waals surface area contributed by atoms with Crippen molar-refractivity contribution in [3.8, 4) is 5.75 Å². The number of fused-ring (bicyclic) bond motifs is 1. The highest BCUT2D eigenvalue weighted by Gasteiger charge is 2.24. The number of aryl methyl sites for hydroxylation is 2. The molecule has 0 spiro atoms. The molecule has 0 radical (unpaired) electrons. The molecule has 0 saturated carbocycles. The molecule has 0 fully saturated rings. The van der Waals surface area contributed by atoms with Crippen LogP contribution >= 0.6 is 0 Å². The van der Waals surface area contributed by atoms with Crippen LogP contribution in [0.4, 0.5) is 0 Å². The van der Waals surface area contributed by atoms with Crippen molar-refractivity contribution in [3.63, 3.8) is 0 Å². The number of aromatic hydroxyl groups is 1. The zero-order chi connectivity index (χ0) is 21.3. The van der Waals surface area contributed by atoms with E-state index in [0.29, 0.717) is 33.3 Å². The zero-order valence-corrected chi connectivity index (χ0v) is 16.5. The summed E-state index contributed by atoms with van der Waals surface area (Å²) in [4.78, 5) is 39.4. The zero-order valence-electron chi connectivity index (χ0n) is 16.5. The van der Waals surface area contributed by atoms with E-state index >= 15 is 0 Å². The maximum absolute atomic E-state index is 12.6. The minimum absolute atomic E-state index is 0.00113. The number of carbonyl (C=O) groups is 2. The Morgan fingerprint density at radius 1 is 1.10 bits per heavy atom. The summed E-state index contributed by atoms with van der Waals surface area (Å²) in [6.07, 6.45) is 0. The molecule has 8 nitrogen and oxygen atoms in total. The quantitative estimate of drug-likeness (QED) is 0.499. The third kappa shape index (κ3) is 3.73. The molecule has 0 atom stereocenters. The Balaban J connectivity index is 1.89. The van der Waals surface area contributed by atoms with E-state index in [1.165, 1.54) is 12.1 Å². The van der Waals surface area contributed by atoms with Gasteiger partial charge in [0.15, 0.2) is 0 Å². The van der Waals surface area contributed by atoms with Crippen LogP contribution in [0.5, 0.6) is 5.75 Å². The van der Waals surface area contributed by atoms with Gasteiger partial charge in [-0.3, -0.25) is 0 Å². The van der Waals surface area contributed by atoms with Gasteiger partial charge in [-0.2, -0.15) is 0 Å². The number of carbonyl (C=O) groups excluding carboxylic acids is 2. The normalized spacial score (nSPS) is 10.9. The summed E-state index contributed by atoms with van der Waals surface area (Å²) < 4.78 is 15.6. The molecular formula is C21H21NO7. The molecule has 0 bridgehead atoms. The first-order valence-corrected chi connectivity index (χ1v) is 9.03. The van der Waals surface area contributed by atoms with Gasteiger partial charge in [0, 0.05) is 28.3 Å². The van der Waals surface area contributed by atoms with E-state index in [1.54, 1.807) is 33.8 Å². The van der Waals surface area contributed by atoms with Gasteiger partial charge in [-0.15, -0.1) is 0 Å². The summed E-state index contributed by atoms with van der Waals surface area (Å²) in [5, 5.41) is 10.4. The number of hydrogen-bond donors (Lipinski definition) is 2. The predicted molar refractivity (Wildman–Crippen MR) is 104 cm³/mol. The topological polar surface area (TPSA) is 119 Å². The van der Waals surface area contributed by atoms with Crippen LogP contribution in [0.2, 0.25) is 0 Å². The smallest absolute Gasteiger partial charge is 0.355 e. The Labute approximate surface area is 166 Å². The summed E-state index contributed by atoms with van der Waals surface area (Å²) in [5.41, 5.74) is 1.87. The molecule has 0 amide bonds. The third-order valence-corrected chi connectivity index (χ3v) is 4.70. The van der Waals surface area contributed by atoms with E-state index in [2.05, 4.69) is 4.98 Å². The van der Waals surface area contributed by atoms with E-state index in [9.17, 15) is 19.5 Å². The Morgan fingerprint density at radius 2 is 1.83 bits per heavy atom. The van der Waals surface area contributed by atoms with Gasteiger partial charge < -0.3 is 24.0 Å². The van der Waals surface area contributed by atoms with E-state index in [4.69, 9.17) is 13.9 Å². The molecular weight excluding hydrogens is 378 g/mol. The van der Waals surface area contributed by atoms with Crippen LogP contribution in [0.3, 0.4) is 0 Å². The Morgan fingerprint density at radius 3 is 2.52 bits per heavy atom. The van der Waals surface area contributed by atoms with Crippen LogP contribution < -0.4 is 5.63 Å². The molecule has 1 aromatic carbocycles. The lowest BCUT2D eigenvalue weighted by Crippen LogP contribution is -2.10. The van der Waals surface area contributed by atoms with E-state index in [0.717, 1.165) is 0 Å². The maximum atomic E-state index is 12.6. The first-order valence-electron chi connectivity index (χ1n) is 9.03. The van der Waals surface area contributed by atoms with Crippen molar-refractivity contribution < 1.29 is 28.6 Å². The van der Waals surface area contributed by atoms with Crippen LogP contribution in [-0.2, 0) is 16.1 Å². The van der Waals surface area contributed by atoms with Gasteiger partial charge in [0.1, 0.15) is 23.6 Å². The van der Waals surface area contributed by atoms with Crippen molar-refractivity contribution >= 4 is 22.9 Å². The van der Waals surface area contributed by atoms with Crippen molar-refractivity contribution in [1.82, 2.24) is 4.98 Å². The van der Waals surface area contributed by atoms with Crippen molar-refractivity contribution in [2.75, 3.05) is 6.61 Å². The lowest BCUT2D eigenvalue weighted by atomic mass is 10.1. The number of H-pyrrole nitrogens is 1. The van der Waals surface area contributed by atoms with Crippen molar-refractivity contribution in [2.24, 2.45) is 0 Å². The third-order valence-electron chi connectivity index (χ3n) is 4.70. The second kappa shape index (κ2) is 7.83. The first kappa shape index (κ1) is 20.2. The standard InChI is InChI=1S/C21H21NO7/c1-5-27-20(25)17-11(3)18(22-12(17)4)21(26)28-9-13-8-16(24)29-19-10(2)15(23)7-6-14(13)19/h6-8,22-23H,5,9H2,1-4H3. The Bertz CT molecular complexity index is 1170. The van der Waals surface area contributed by atoms with Crippen LogP contribution in [0, 0.1) is 20.8 Å². The van der Waals surface area contributed by atoms with Crippen LogP contribution in [0.15, 0.2) is 27.4 Å². The predicted octanol–water partition coefficient (Wildman–Crippen LogP) is 3.29. The Hall–Kier alpha value is -3.55. The lowest BCUT2D eigenvalue weighted by Gasteiger charge is -2.09. The number of nitrogens with one attached hydrogen (secondary N) is 1. The van der Waals surface area contributed by atoms with Gasteiger partial charge in [-0.05, 0) is 45.4 Å². The largest absolute Gasteiger partial charge is 0.508 e. The van der Waals surface area contributed by atoms with Gasteiger partial charge in [0.25, 0.3) is 0 Å². The van der Waals surface area contributed by atoms with Crippen molar-refractivity contribution in [3.05, 3.63) is 62.3 Å². The molecule has 0 aliphatic rings. The lowest BCUT2D eigenvalue weighted by molar-refractivity contribution is 0.0466. The fourth-order valence-electron chi connectivity index (χ4n) is 3.21. The molecule has 0 saturated heterocycles. The second-order valence-corrected chi connectivity index (χ2v) is 6.60. The number of aromatic amines is 1. The number of phenols is 1. The summed E-state index contributed by atoms with van der Waals surface area (Å²) in [6, 6.07) is 4.31. The van der Waals surface area contributed by atoms with Gasteiger partial charge in [0.2, 0.25) is 0 Å². The van der Waals surface area contributed by atoms with Crippen LogP contribution in [0.25, 0.3) is 11.0 Å². The van der Waals surface area contributed by atoms with Crippen molar-refractivity contribution in [2.45, 2.75) is 34.3 Å². The van der Waals surface area contributed by atoms with Crippen LogP contribution in [0.1, 0.15) is 50.2 Å². The number of benzene rings is 1. The number of ether oxygens (including phenoxy) is 2. The Kier molecular flexibility index (Phi) is 5.45. The first-order chi connectivity index (χ1) is 13.7. The molecule has 8 heteroatoms. The molecule has 3 aromatic rings. The van der Waals surface area contributed by atoms with E-state index in [-0.39, 0.29) is 30.2 Å². The fraction of sp³-hybridized carbons (Fsp3) is 0.286. The number of phenolic OH excluding ortho intramolecular Hbond substituents is 1. The average molecular weight is 399 g/mol. The second-order valence-electron chi connectivity index (χ2n) is 6.60. The molecule has 2 N–H and O–H groups in total. The summed E-state index contributed by atoms with van der Waals surface area (Å²) in [5.74, 6) is -1.18. The highest BCUT2D eigenvalue weighted by atomic mass is 16.5. The number of hydrogen-bond acceptors (Lipinski definition) is 7. The average Bonchev–Trinajstić information content (AvgIpc) is 2.97. The molecule has 152 valence electrons. The number of rotatable bonds is 5. The van der Waals surface area contributed by atoms with Gasteiger partial charge in [0.05, 0.1) is 12.2 Å². The minimum Gasteiger partial charge on any atom is -0.508 e. The SMILES string of the molecule is CCOC(=O)c1c(C)[nH]c(C(=O)OCc2cc(=O)oc3c(C)c(O)ccc23)c1C. The molecule has 29 heavy (non-hydrogen) atoms. The molecule has 0 unspecified atom stereocenters. The summed E-state index contributed by atoms with van der Waals surface area (Å²) in [6.45, 7) is 6.66. The molecule has 3 rings (SSSR count). The fourth-order valence-corrected chi connectivity index (χ4v) is 3.21. The number of aromatic nitrogens is 1. The minimum atomic E-state index is -0.668. The highest BCUT2D eigenvalue weighted by molar-refractivity contribution is 5.98. The molecule has 0 aliphatic carbocycles. The monoisotopic (exact) mass is 399 g/mol. The summed E-state index contributed by atoms with van der Waals surface area (Å²) in [7, 11) is 0. The highest BCUT2D eigenvalue weighted by Crippen LogP contribution is 2.28. The number of esters is 2. The maximum Gasteiger partial charge on any atom is 0.355 e. The molecule has 2 aromatic heterocycles. The van der Waals surface area contributed by atoms with Gasteiger partial charge in [-0.25, -0.2) is 14.4 Å². The van der Waals surface area contributed by atoms with Crippen LogP contribution in [-0.4, -0.2) is 28.6 Å². The van der Waals surface area contributed by atoms with Gasteiger partial charge >= 0.3 is 17.6 Å². The molecule has 0 aliphatic heterocycles. The van der Waals surface area contributed by atoms with Gasteiger partial charge in [-0.1, -0.05) is 0 Å².